The Morgan fingerprint density at radius 3 is 2.20 bits per heavy atom. The highest BCUT2D eigenvalue weighted by atomic mass is 16.5. The molecule has 1 atom stereocenters. The number of carbonyl (C=O) groups excluding carboxylic acids is 1. The third-order valence-corrected chi connectivity index (χ3v) is 5.88. The second-order valence-corrected chi connectivity index (χ2v) is 9.68. The van der Waals surface area contributed by atoms with Gasteiger partial charge >= 0.3 is 0 Å². The first-order valence-electron chi connectivity index (χ1n) is 12.1. The molecule has 1 unspecified atom stereocenters. The Hall–Kier alpha value is -3.73. The maximum absolute atomic E-state index is 14.0. The van der Waals surface area contributed by atoms with E-state index in [1.807, 2.05) is 93.6 Å². The van der Waals surface area contributed by atoms with Crippen molar-refractivity contribution < 1.29 is 14.3 Å². The predicted molar refractivity (Wildman–Crippen MR) is 141 cm³/mol. The van der Waals surface area contributed by atoms with Crippen LogP contribution in [0.1, 0.15) is 50.4 Å². The van der Waals surface area contributed by atoms with Crippen molar-refractivity contribution in [3.05, 3.63) is 95.2 Å². The zero-order chi connectivity index (χ0) is 25.1. The van der Waals surface area contributed by atoms with Crippen molar-refractivity contribution in [2.75, 3.05) is 11.5 Å². The van der Waals surface area contributed by atoms with Crippen LogP contribution in [0.4, 0.5) is 5.69 Å². The van der Waals surface area contributed by atoms with Crippen LogP contribution < -0.4 is 20.1 Å². The highest BCUT2D eigenvalue weighted by molar-refractivity contribution is 6.30. The fourth-order valence-corrected chi connectivity index (χ4v) is 4.26. The summed E-state index contributed by atoms with van der Waals surface area (Å²) in [4.78, 5) is 15.8. The first-order chi connectivity index (χ1) is 16.8. The van der Waals surface area contributed by atoms with Gasteiger partial charge in [0, 0.05) is 16.9 Å². The molecule has 3 aromatic carbocycles. The summed E-state index contributed by atoms with van der Waals surface area (Å²) in [6.07, 6.45) is 0.0804. The van der Waals surface area contributed by atoms with Gasteiger partial charge in [0.05, 0.1) is 18.3 Å². The topological polar surface area (TPSA) is 64.8 Å². The number of rotatable bonds is 8. The van der Waals surface area contributed by atoms with Gasteiger partial charge in [-0.05, 0) is 62.6 Å². The minimum absolute atomic E-state index is 0.0804. The van der Waals surface area contributed by atoms with Crippen LogP contribution in [0.25, 0.3) is 5.57 Å². The minimum Gasteiger partial charge on any atom is -0.493 e. The van der Waals surface area contributed by atoms with Gasteiger partial charge in [0.25, 0.3) is 5.91 Å². The lowest BCUT2D eigenvalue weighted by molar-refractivity contribution is -0.113. The molecular formula is C30H34N2O3. The molecule has 35 heavy (non-hydrogen) atoms. The van der Waals surface area contributed by atoms with E-state index in [4.69, 9.17) is 15.2 Å². The standard InChI is InChI=1S/C30H34N2O3/c1-19(2)18-34-26-9-7-6-8-25(26)27-28(31)29(22-12-16-24(17-13-22)35-20(3)4)32(30(27)33)23-14-10-21(5)11-15-23/h6-17,19-20,29H,18,31H2,1-5H3. The van der Waals surface area contributed by atoms with Gasteiger partial charge in [-0.25, -0.2) is 0 Å². The average molecular weight is 471 g/mol. The molecule has 1 heterocycles. The van der Waals surface area contributed by atoms with Crippen molar-refractivity contribution in [2.24, 2.45) is 11.7 Å². The summed E-state index contributed by atoms with van der Waals surface area (Å²) in [5.41, 5.74) is 11.4. The van der Waals surface area contributed by atoms with E-state index >= 15 is 0 Å². The van der Waals surface area contributed by atoms with Gasteiger partial charge in [-0.3, -0.25) is 9.69 Å². The molecule has 0 spiro atoms. The third-order valence-electron chi connectivity index (χ3n) is 5.88. The maximum atomic E-state index is 14.0. The molecule has 1 aliphatic heterocycles. The number of nitrogens with two attached hydrogens (primary N) is 1. The van der Waals surface area contributed by atoms with Crippen molar-refractivity contribution in [1.82, 2.24) is 0 Å². The maximum Gasteiger partial charge on any atom is 0.261 e. The molecule has 5 heteroatoms. The van der Waals surface area contributed by atoms with Crippen LogP contribution in [0, 0.1) is 12.8 Å². The van der Waals surface area contributed by atoms with Gasteiger partial charge in [0.15, 0.2) is 0 Å². The van der Waals surface area contributed by atoms with Crippen molar-refractivity contribution in [1.29, 1.82) is 0 Å². The fourth-order valence-electron chi connectivity index (χ4n) is 4.26. The van der Waals surface area contributed by atoms with Crippen LogP contribution in [0.3, 0.4) is 0 Å². The molecule has 2 N–H and O–H groups in total. The molecule has 0 fully saturated rings. The molecule has 0 aliphatic carbocycles. The summed E-state index contributed by atoms with van der Waals surface area (Å²) < 4.78 is 11.9. The number of benzene rings is 3. The number of para-hydroxylation sites is 1. The number of hydrogen-bond donors (Lipinski definition) is 1. The first kappa shape index (κ1) is 24.4. The van der Waals surface area contributed by atoms with Crippen LogP contribution in [0.5, 0.6) is 11.5 Å². The zero-order valence-electron chi connectivity index (χ0n) is 21.1. The summed E-state index contributed by atoms with van der Waals surface area (Å²) in [5.74, 6) is 1.67. The zero-order valence-corrected chi connectivity index (χ0v) is 21.1. The van der Waals surface area contributed by atoms with Crippen LogP contribution in [-0.4, -0.2) is 18.6 Å². The Labute approximate surface area is 208 Å². The lowest BCUT2D eigenvalue weighted by Crippen LogP contribution is -2.31. The summed E-state index contributed by atoms with van der Waals surface area (Å²) in [5, 5.41) is 0. The molecule has 1 aliphatic rings. The molecule has 0 aromatic heterocycles. The second kappa shape index (κ2) is 10.3. The Balaban J connectivity index is 1.81. The van der Waals surface area contributed by atoms with Gasteiger partial charge in [0.2, 0.25) is 0 Å². The average Bonchev–Trinajstić information content (AvgIpc) is 3.08. The number of aryl methyl sites for hydroxylation is 1. The van der Waals surface area contributed by atoms with E-state index in [1.165, 1.54) is 0 Å². The Kier molecular flexibility index (Phi) is 7.15. The monoisotopic (exact) mass is 470 g/mol. The lowest BCUT2D eigenvalue weighted by atomic mass is 9.99. The van der Waals surface area contributed by atoms with Gasteiger partial charge in [0.1, 0.15) is 17.5 Å². The van der Waals surface area contributed by atoms with Gasteiger partial charge in [-0.1, -0.05) is 61.9 Å². The molecule has 5 nitrogen and oxygen atoms in total. The molecule has 1 amide bonds. The van der Waals surface area contributed by atoms with Crippen LogP contribution in [0.2, 0.25) is 0 Å². The molecule has 182 valence electrons. The molecule has 0 saturated heterocycles. The van der Waals surface area contributed by atoms with E-state index in [2.05, 4.69) is 13.8 Å². The second-order valence-electron chi connectivity index (χ2n) is 9.68. The van der Waals surface area contributed by atoms with Crippen LogP contribution in [0.15, 0.2) is 78.5 Å². The predicted octanol–water partition coefficient (Wildman–Crippen LogP) is 6.27. The van der Waals surface area contributed by atoms with E-state index in [-0.39, 0.29) is 12.0 Å². The number of ether oxygens (including phenoxy) is 2. The molecule has 0 bridgehead atoms. The number of hydrogen-bond acceptors (Lipinski definition) is 4. The third kappa shape index (κ3) is 5.19. The van der Waals surface area contributed by atoms with Gasteiger partial charge < -0.3 is 15.2 Å². The number of anilines is 1. The Morgan fingerprint density at radius 2 is 1.57 bits per heavy atom. The Morgan fingerprint density at radius 1 is 0.914 bits per heavy atom. The normalized spacial score (nSPS) is 15.9. The molecule has 0 saturated carbocycles. The van der Waals surface area contributed by atoms with Crippen LogP contribution >= 0.6 is 0 Å². The van der Waals surface area contributed by atoms with E-state index in [0.717, 1.165) is 28.1 Å². The first-order valence-corrected chi connectivity index (χ1v) is 12.1. The van der Waals surface area contributed by atoms with Crippen LogP contribution in [-0.2, 0) is 4.79 Å². The highest BCUT2D eigenvalue weighted by Crippen LogP contribution is 2.44. The minimum atomic E-state index is -0.438. The number of nitrogens with zero attached hydrogens (tertiary/aromatic N) is 1. The quantitative estimate of drug-likeness (QED) is 0.421. The summed E-state index contributed by atoms with van der Waals surface area (Å²) in [6.45, 7) is 10.8. The van der Waals surface area contributed by atoms with Gasteiger partial charge in [-0.15, -0.1) is 0 Å². The SMILES string of the molecule is Cc1ccc(N2C(=O)C(c3ccccc3OCC(C)C)=C(N)C2c2ccc(OC(C)C)cc2)cc1. The lowest BCUT2D eigenvalue weighted by Gasteiger charge is -2.27. The van der Waals surface area contributed by atoms with E-state index in [0.29, 0.717) is 29.5 Å². The van der Waals surface area contributed by atoms with Crippen molar-refractivity contribution in [3.8, 4) is 11.5 Å². The Bertz CT molecular complexity index is 1210. The van der Waals surface area contributed by atoms with Gasteiger partial charge in [-0.2, -0.15) is 0 Å². The van der Waals surface area contributed by atoms with Crippen molar-refractivity contribution >= 4 is 17.2 Å². The largest absolute Gasteiger partial charge is 0.493 e. The summed E-state index contributed by atoms with van der Waals surface area (Å²) >= 11 is 0. The molecule has 3 aromatic rings. The molecular weight excluding hydrogens is 436 g/mol. The highest BCUT2D eigenvalue weighted by Gasteiger charge is 2.41. The van der Waals surface area contributed by atoms with Crippen molar-refractivity contribution in [3.63, 3.8) is 0 Å². The smallest absolute Gasteiger partial charge is 0.261 e. The fraction of sp³-hybridized carbons (Fsp3) is 0.300. The summed E-state index contributed by atoms with van der Waals surface area (Å²) in [6, 6.07) is 23.0. The number of carbonyl (C=O) groups is 1. The van der Waals surface area contributed by atoms with E-state index < -0.39 is 6.04 Å². The summed E-state index contributed by atoms with van der Waals surface area (Å²) in [7, 11) is 0. The van der Waals surface area contributed by atoms with Crippen molar-refractivity contribution in [2.45, 2.75) is 46.8 Å². The van der Waals surface area contributed by atoms with E-state index in [9.17, 15) is 4.79 Å². The molecule has 0 radical (unpaired) electrons. The molecule has 4 rings (SSSR count). The van der Waals surface area contributed by atoms with E-state index in [1.54, 1.807) is 4.90 Å². The number of amides is 1.